The second-order valence-electron chi connectivity index (χ2n) is 14.4. The van der Waals surface area contributed by atoms with E-state index < -0.39 is 40.5 Å². The SMILES string of the molecule is CC(=O)O[C@H]1O[C@@](C)([C@H]2C[C@H](C)[C@@H](C)C(=O)O2)[C@H]2CC[C@H]3[C@@H]4C[C@H]5O[C@]56[C@@H](OC(C)=O)C=CC(=O)[C@]6(C)[C@H]4CC[C@]123. The van der Waals surface area contributed by atoms with Crippen LogP contribution in [-0.4, -0.2) is 59.5 Å². The molecule has 0 N–H and O–H groups in total. The summed E-state index contributed by atoms with van der Waals surface area (Å²) in [5.74, 6) is -0.568. The lowest BCUT2D eigenvalue weighted by Crippen LogP contribution is -2.65. The third kappa shape index (κ3) is 3.31. The molecule has 0 unspecified atom stereocenters. The van der Waals surface area contributed by atoms with Crippen LogP contribution in [0.4, 0.5) is 0 Å². The summed E-state index contributed by atoms with van der Waals surface area (Å²) in [5, 5.41) is 0. The number of esters is 3. The van der Waals surface area contributed by atoms with E-state index in [0.29, 0.717) is 6.42 Å². The molecular weight excluding hydrogens is 528 g/mol. The first-order valence-electron chi connectivity index (χ1n) is 15.4. The molecule has 3 aliphatic heterocycles. The number of carbonyl (C=O) groups is 4. The second kappa shape index (κ2) is 8.65. The molecule has 41 heavy (non-hydrogen) atoms. The van der Waals surface area contributed by atoms with Crippen molar-refractivity contribution in [2.24, 2.45) is 46.3 Å². The summed E-state index contributed by atoms with van der Waals surface area (Å²) >= 11 is 0. The van der Waals surface area contributed by atoms with Gasteiger partial charge in [-0.05, 0) is 88.2 Å². The monoisotopic (exact) mass is 570 g/mol. The van der Waals surface area contributed by atoms with Gasteiger partial charge in [-0.15, -0.1) is 0 Å². The van der Waals surface area contributed by atoms with Gasteiger partial charge in [0.05, 0.1) is 17.4 Å². The van der Waals surface area contributed by atoms with E-state index in [1.807, 2.05) is 20.8 Å². The van der Waals surface area contributed by atoms with Crippen LogP contribution in [0.2, 0.25) is 0 Å². The summed E-state index contributed by atoms with van der Waals surface area (Å²) in [6.45, 7) is 10.9. The van der Waals surface area contributed by atoms with E-state index in [1.165, 1.54) is 13.8 Å². The molecule has 0 amide bonds. The van der Waals surface area contributed by atoms with E-state index in [9.17, 15) is 19.2 Å². The van der Waals surface area contributed by atoms with Gasteiger partial charge < -0.3 is 23.7 Å². The first-order chi connectivity index (χ1) is 19.3. The van der Waals surface area contributed by atoms with Gasteiger partial charge in [0.25, 0.3) is 0 Å². The molecule has 3 saturated heterocycles. The van der Waals surface area contributed by atoms with Crippen molar-refractivity contribution in [1.29, 1.82) is 0 Å². The smallest absolute Gasteiger partial charge is 0.309 e. The van der Waals surface area contributed by atoms with Crippen LogP contribution in [0.3, 0.4) is 0 Å². The van der Waals surface area contributed by atoms with Crippen molar-refractivity contribution in [2.45, 2.75) is 116 Å². The number of ether oxygens (including phenoxy) is 5. The number of carbonyl (C=O) groups excluding carboxylic acids is 4. The molecule has 7 aliphatic rings. The zero-order chi connectivity index (χ0) is 29.3. The molecule has 224 valence electrons. The van der Waals surface area contributed by atoms with Crippen LogP contribution in [-0.2, 0) is 42.9 Å². The fourth-order valence-corrected chi connectivity index (χ4v) is 10.9. The Labute approximate surface area is 241 Å². The highest BCUT2D eigenvalue weighted by Crippen LogP contribution is 2.76. The fraction of sp³-hybridized carbons (Fsp3) is 0.812. The summed E-state index contributed by atoms with van der Waals surface area (Å²) in [6, 6.07) is 0. The predicted molar refractivity (Wildman–Crippen MR) is 143 cm³/mol. The lowest BCUT2D eigenvalue weighted by molar-refractivity contribution is -0.238. The van der Waals surface area contributed by atoms with Crippen LogP contribution < -0.4 is 0 Å². The van der Waals surface area contributed by atoms with Gasteiger partial charge in [0.2, 0.25) is 6.29 Å². The van der Waals surface area contributed by atoms with E-state index in [4.69, 9.17) is 23.7 Å². The molecule has 14 atom stereocenters. The van der Waals surface area contributed by atoms with Crippen molar-refractivity contribution in [3.63, 3.8) is 0 Å². The highest BCUT2D eigenvalue weighted by atomic mass is 16.7. The summed E-state index contributed by atoms with van der Waals surface area (Å²) in [5.41, 5.74) is -2.87. The minimum Gasteiger partial charge on any atom is -0.459 e. The van der Waals surface area contributed by atoms with E-state index in [2.05, 4.69) is 6.92 Å². The maximum absolute atomic E-state index is 13.7. The number of hydrogen-bond acceptors (Lipinski definition) is 9. The summed E-state index contributed by atoms with van der Waals surface area (Å²) in [4.78, 5) is 51.0. The average Bonchev–Trinajstić information content (AvgIpc) is 3.41. The molecule has 3 saturated carbocycles. The van der Waals surface area contributed by atoms with Crippen molar-refractivity contribution in [3.8, 4) is 0 Å². The van der Waals surface area contributed by atoms with Gasteiger partial charge in [0, 0.05) is 25.2 Å². The zero-order valence-electron chi connectivity index (χ0n) is 24.8. The van der Waals surface area contributed by atoms with Crippen LogP contribution in [0.25, 0.3) is 0 Å². The predicted octanol–water partition coefficient (Wildman–Crippen LogP) is 3.91. The first-order valence-corrected chi connectivity index (χ1v) is 15.4. The highest BCUT2D eigenvalue weighted by molar-refractivity contribution is 5.98. The Balaban J connectivity index is 1.26. The summed E-state index contributed by atoms with van der Waals surface area (Å²) in [6.07, 6.45) is 6.07. The van der Waals surface area contributed by atoms with Gasteiger partial charge >= 0.3 is 17.9 Å². The van der Waals surface area contributed by atoms with Gasteiger partial charge in [-0.2, -0.15) is 0 Å². The van der Waals surface area contributed by atoms with Gasteiger partial charge in [-0.3, -0.25) is 19.2 Å². The number of ketones is 1. The number of rotatable bonds is 3. The minimum atomic E-state index is -0.826. The number of epoxide rings is 1. The molecule has 0 aromatic rings. The van der Waals surface area contributed by atoms with Crippen molar-refractivity contribution in [3.05, 3.63) is 12.2 Å². The third-order valence-corrected chi connectivity index (χ3v) is 12.9. The molecule has 0 bridgehead atoms. The van der Waals surface area contributed by atoms with Crippen molar-refractivity contribution >= 4 is 23.7 Å². The van der Waals surface area contributed by atoms with Crippen LogP contribution in [0.5, 0.6) is 0 Å². The Morgan fingerprint density at radius 1 is 0.927 bits per heavy atom. The van der Waals surface area contributed by atoms with Crippen molar-refractivity contribution in [1.82, 2.24) is 0 Å². The Hall–Kier alpha value is -2.26. The van der Waals surface area contributed by atoms with Gasteiger partial charge in [0.1, 0.15) is 17.3 Å². The number of cyclic esters (lactones) is 1. The molecule has 0 aromatic carbocycles. The lowest BCUT2D eigenvalue weighted by Gasteiger charge is -2.58. The molecule has 0 radical (unpaired) electrons. The second-order valence-corrected chi connectivity index (χ2v) is 14.4. The van der Waals surface area contributed by atoms with E-state index in [1.54, 1.807) is 12.2 Å². The average molecular weight is 571 g/mol. The molecule has 9 nitrogen and oxygen atoms in total. The van der Waals surface area contributed by atoms with E-state index in [0.717, 1.165) is 32.1 Å². The Kier molecular flexibility index (Phi) is 5.82. The summed E-state index contributed by atoms with van der Waals surface area (Å²) in [7, 11) is 0. The third-order valence-electron chi connectivity index (χ3n) is 12.9. The molecule has 4 aliphatic carbocycles. The molecule has 3 heterocycles. The fourth-order valence-electron chi connectivity index (χ4n) is 10.9. The largest absolute Gasteiger partial charge is 0.459 e. The number of hydrogen-bond donors (Lipinski definition) is 0. The standard InChI is InChI=1S/C32H42O9/c1-15-13-25(39-27(36)16(15)2)30(6)22-8-7-21-19-14-26-32(40-26)24(37-17(3)33)10-9-23(35)29(32,5)20(19)11-12-31(21,22)28(41-30)38-18(4)34/h9-10,15-16,19-22,24-26,28H,7-8,11-14H2,1-6H3/t15-,16+,19+,20-,21-,22+,24-,25+,26+,28-,29-,30+,31+,32+/m0/s1. The normalized spacial score (nSPS) is 54.6. The Morgan fingerprint density at radius 2 is 1.66 bits per heavy atom. The zero-order valence-corrected chi connectivity index (χ0v) is 24.8. The first kappa shape index (κ1) is 27.6. The highest BCUT2D eigenvalue weighted by Gasteiger charge is 2.83. The van der Waals surface area contributed by atoms with Crippen LogP contribution >= 0.6 is 0 Å². The molecule has 2 spiro atoms. The maximum Gasteiger partial charge on any atom is 0.309 e. The molecular formula is C32H42O9. The van der Waals surface area contributed by atoms with Gasteiger partial charge in [-0.1, -0.05) is 13.8 Å². The lowest BCUT2D eigenvalue weighted by atomic mass is 9.44. The van der Waals surface area contributed by atoms with Crippen LogP contribution in [0, 0.1) is 46.3 Å². The molecule has 7 rings (SSSR count). The summed E-state index contributed by atoms with van der Waals surface area (Å²) < 4.78 is 31.0. The number of allylic oxidation sites excluding steroid dienone is 1. The molecule has 9 heteroatoms. The van der Waals surface area contributed by atoms with Crippen molar-refractivity contribution in [2.75, 3.05) is 0 Å². The minimum absolute atomic E-state index is 0.0318. The van der Waals surface area contributed by atoms with E-state index >= 15 is 0 Å². The van der Waals surface area contributed by atoms with Crippen molar-refractivity contribution < 1.29 is 42.9 Å². The topological polar surface area (TPSA) is 118 Å². The van der Waals surface area contributed by atoms with E-state index in [-0.39, 0.29) is 65.3 Å². The van der Waals surface area contributed by atoms with Crippen LogP contribution in [0.1, 0.15) is 80.1 Å². The molecule has 6 fully saturated rings. The Bertz CT molecular complexity index is 1240. The van der Waals surface area contributed by atoms with Gasteiger partial charge in [-0.25, -0.2) is 0 Å². The Morgan fingerprint density at radius 3 is 2.34 bits per heavy atom. The quantitative estimate of drug-likeness (QED) is 0.283. The number of fused-ring (bicyclic) bond motifs is 3. The maximum atomic E-state index is 13.7. The molecule has 0 aromatic heterocycles. The van der Waals surface area contributed by atoms with Crippen LogP contribution in [0.15, 0.2) is 12.2 Å². The van der Waals surface area contributed by atoms with Gasteiger partial charge in [0.15, 0.2) is 11.9 Å².